The summed E-state index contributed by atoms with van der Waals surface area (Å²) in [6.07, 6.45) is 0. The summed E-state index contributed by atoms with van der Waals surface area (Å²) in [6.45, 7) is 1.83. The molecular weight excluding hydrogens is 256 g/mol. The number of ether oxygens (including phenoxy) is 1. The Kier molecular flexibility index (Phi) is 3.61. The van der Waals surface area contributed by atoms with Crippen molar-refractivity contribution in [3.8, 4) is 16.9 Å². The standard InChI is InChI=1S/C15H16N2O3/c1-9-12(10-4-6-11(20-3)7-5-10)8-13(14(16)18)15(19)17(9)2/h4-8H,1-3H3,(H2,16,18). The Morgan fingerprint density at radius 3 is 2.35 bits per heavy atom. The third kappa shape index (κ3) is 2.30. The number of methoxy groups -OCH3 is 1. The van der Waals surface area contributed by atoms with Crippen molar-refractivity contribution in [2.75, 3.05) is 7.11 Å². The number of hydrogen-bond acceptors (Lipinski definition) is 3. The minimum atomic E-state index is -0.722. The van der Waals surface area contributed by atoms with Gasteiger partial charge in [-0.3, -0.25) is 9.59 Å². The highest BCUT2D eigenvalue weighted by molar-refractivity contribution is 5.94. The summed E-state index contributed by atoms with van der Waals surface area (Å²) >= 11 is 0. The Balaban J connectivity index is 2.67. The predicted octanol–water partition coefficient (Wildman–Crippen LogP) is 1.47. The summed E-state index contributed by atoms with van der Waals surface area (Å²) < 4.78 is 6.54. The number of primary amides is 1. The van der Waals surface area contributed by atoms with E-state index in [2.05, 4.69) is 0 Å². The molecule has 2 rings (SSSR count). The second kappa shape index (κ2) is 5.21. The first kappa shape index (κ1) is 13.9. The van der Waals surface area contributed by atoms with Crippen LogP contribution < -0.4 is 16.0 Å². The molecule has 0 saturated heterocycles. The molecule has 5 heteroatoms. The van der Waals surface area contributed by atoms with Gasteiger partial charge in [0, 0.05) is 18.3 Å². The summed E-state index contributed by atoms with van der Waals surface area (Å²) in [7, 11) is 3.22. The van der Waals surface area contributed by atoms with E-state index in [4.69, 9.17) is 10.5 Å². The van der Waals surface area contributed by atoms with Crippen molar-refractivity contribution in [2.24, 2.45) is 12.8 Å². The van der Waals surface area contributed by atoms with Crippen molar-refractivity contribution in [3.05, 3.63) is 51.9 Å². The fourth-order valence-corrected chi connectivity index (χ4v) is 2.06. The molecule has 5 nitrogen and oxygen atoms in total. The van der Waals surface area contributed by atoms with Crippen LogP contribution in [0.4, 0.5) is 0 Å². The van der Waals surface area contributed by atoms with E-state index >= 15 is 0 Å². The molecule has 0 unspecified atom stereocenters. The average molecular weight is 272 g/mol. The molecule has 0 bridgehead atoms. The van der Waals surface area contributed by atoms with Crippen LogP contribution in [0.25, 0.3) is 11.1 Å². The van der Waals surface area contributed by atoms with E-state index in [1.165, 1.54) is 4.57 Å². The number of carbonyl (C=O) groups is 1. The summed E-state index contributed by atoms with van der Waals surface area (Å²) in [4.78, 5) is 23.3. The Hall–Kier alpha value is -2.56. The molecule has 0 aliphatic carbocycles. The third-order valence-electron chi connectivity index (χ3n) is 3.38. The molecule has 0 spiro atoms. The molecule has 0 saturated carbocycles. The number of rotatable bonds is 3. The van der Waals surface area contributed by atoms with Crippen LogP contribution in [0.2, 0.25) is 0 Å². The van der Waals surface area contributed by atoms with Crippen LogP contribution in [0.15, 0.2) is 35.1 Å². The normalized spacial score (nSPS) is 10.3. The monoisotopic (exact) mass is 272 g/mol. The quantitative estimate of drug-likeness (QED) is 0.919. The number of pyridine rings is 1. The molecule has 104 valence electrons. The smallest absolute Gasteiger partial charge is 0.263 e. The average Bonchev–Trinajstić information content (AvgIpc) is 2.45. The van der Waals surface area contributed by atoms with Crippen molar-refractivity contribution in [1.82, 2.24) is 4.57 Å². The first-order valence-electron chi connectivity index (χ1n) is 6.10. The van der Waals surface area contributed by atoms with Gasteiger partial charge in [-0.15, -0.1) is 0 Å². The second-order valence-corrected chi connectivity index (χ2v) is 4.51. The fraction of sp³-hybridized carbons (Fsp3) is 0.200. The van der Waals surface area contributed by atoms with Crippen LogP contribution in [-0.2, 0) is 7.05 Å². The largest absolute Gasteiger partial charge is 0.497 e. The molecule has 2 N–H and O–H groups in total. The minimum absolute atomic E-state index is 0.0103. The van der Waals surface area contributed by atoms with Gasteiger partial charge in [-0.1, -0.05) is 12.1 Å². The van der Waals surface area contributed by atoms with Gasteiger partial charge in [0.15, 0.2) is 0 Å². The summed E-state index contributed by atoms with van der Waals surface area (Å²) in [5.74, 6) is 0.0201. The van der Waals surface area contributed by atoms with E-state index in [0.717, 1.165) is 22.6 Å². The van der Waals surface area contributed by atoms with E-state index in [1.807, 2.05) is 31.2 Å². The summed E-state index contributed by atoms with van der Waals surface area (Å²) in [6, 6.07) is 8.93. The topological polar surface area (TPSA) is 74.3 Å². The Labute approximate surface area is 116 Å². The van der Waals surface area contributed by atoms with E-state index in [9.17, 15) is 9.59 Å². The van der Waals surface area contributed by atoms with Gasteiger partial charge in [0.25, 0.3) is 11.5 Å². The molecule has 1 aromatic heterocycles. The highest BCUT2D eigenvalue weighted by Gasteiger charge is 2.14. The first-order chi connectivity index (χ1) is 9.45. The van der Waals surface area contributed by atoms with Gasteiger partial charge < -0.3 is 15.0 Å². The minimum Gasteiger partial charge on any atom is -0.497 e. The van der Waals surface area contributed by atoms with Crippen molar-refractivity contribution in [3.63, 3.8) is 0 Å². The van der Waals surface area contributed by atoms with E-state index in [0.29, 0.717) is 0 Å². The van der Waals surface area contributed by atoms with Crippen LogP contribution in [0.5, 0.6) is 5.75 Å². The lowest BCUT2D eigenvalue weighted by atomic mass is 10.0. The number of benzene rings is 1. The number of hydrogen-bond donors (Lipinski definition) is 1. The zero-order valence-corrected chi connectivity index (χ0v) is 11.6. The number of nitrogens with zero attached hydrogens (tertiary/aromatic N) is 1. The lowest BCUT2D eigenvalue weighted by Gasteiger charge is -2.12. The van der Waals surface area contributed by atoms with Crippen molar-refractivity contribution >= 4 is 5.91 Å². The number of nitrogens with two attached hydrogens (primary N) is 1. The van der Waals surface area contributed by atoms with Crippen LogP contribution in [0, 0.1) is 6.92 Å². The Morgan fingerprint density at radius 2 is 1.85 bits per heavy atom. The van der Waals surface area contributed by atoms with Gasteiger partial charge in [0.2, 0.25) is 0 Å². The third-order valence-corrected chi connectivity index (χ3v) is 3.38. The van der Waals surface area contributed by atoms with Gasteiger partial charge in [-0.05, 0) is 30.7 Å². The molecule has 1 amide bonds. The van der Waals surface area contributed by atoms with Crippen molar-refractivity contribution < 1.29 is 9.53 Å². The van der Waals surface area contributed by atoms with Crippen LogP contribution in [0.3, 0.4) is 0 Å². The first-order valence-corrected chi connectivity index (χ1v) is 6.10. The second-order valence-electron chi connectivity index (χ2n) is 4.51. The van der Waals surface area contributed by atoms with Gasteiger partial charge in [-0.25, -0.2) is 0 Å². The van der Waals surface area contributed by atoms with E-state index < -0.39 is 5.91 Å². The van der Waals surface area contributed by atoms with Gasteiger partial charge in [0.1, 0.15) is 11.3 Å². The molecule has 20 heavy (non-hydrogen) atoms. The van der Waals surface area contributed by atoms with Crippen molar-refractivity contribution in [2.45, 2.75) is 6.92 Å². The fourth-order valence-electron chi connectivity index (χ4n) is 2.06. The lowest BCUT2D eigenvalue weighted by molar-refractivity contribution is 0.0998. The lowest BCUT2D eigenvalue weighted by Crippen LogP contribution is -2.29. The van der Waals surface area contributed by atoms with Gasteiger partial charge in [-0.2, -0.15) is 0 Å². The molecular formula is C15H16N2O3. The Bertz CT molecular complexity index is 715. The predicted molar refractivity (Wildman–Crippen MR) is 76.9 cm³/mol. The van der Waals surface area contributed by atoms with Gasteiger partial charge >= 0.3 is 0 Å². The molecule has 0 atom stereocenters. The summed E-state index contributed by atoms with van der Waals surface area (Å²) in [5, 5.41) is 0. The van der Waals surface area contributed by atoms with Gasteiger partial charge in [0.05, 0.1) is 7.11 Å². The zero-order valence-electron chi connectivity index (χ0n) is 11.6. The Morgan fingerprint density at radius 1 is 1.25 bits per heavy atom. The molecule has 2 aromatic rings. The van der Waals surface area contributed by atoms with Crippen LogP contribution in [-0.4, -0.2) is 17.6 Å². The van der Waals surface area contributed by atoms with E-state index in [1.54, 1.807) is 20.2 Å². The summed E-state index contributed by atoms with van der Waals surface area (Å²) in [5.41, 5.74) is 7.32. The maximum Gasteiger partial charge on any atom is 0.263 e. The number of carbonyl (C=O) groups excluding carboxylic acids is 1. The van der Waals surface area contributed by atoms with Crippen molar-refractivity contribution in [1.29, 1.82) is 0 Å². The number of amides is 1. The van der Waals surface area contributed by atoms with E-state index in [-0.39, 0.29) is 11.1 Å². The molecule has 0 aliphatic heterocycles. The molecule has 0 aliphatic rings. The maximum atomic E-state index is 12.0. The van der Waals surface area contributed by atoms with Crippen LogP contribution >= 0.6 is 0 Å². The molecule has 1 heterocycles. The highest BCUT2D eigenvalue weighted by atomic mass is 16.5. The van der Waals surface area contributed by atoms with Crippen LogP contribution in [0.1, 0.15) is 16.1 Å². The number of aromatic nitrogens is 1. The highest BCUT2D eigenvalue weighted by Crippen LogP contribution is 2.25. The molecule has 1 aromatic carbocycles. The zero-order chi connectivity index (χ0) is 14.9. The maximum absolute atomic E-state index is 12.0. The SMILES string of the molecule is COc1ccc(-c2cc(C(N)=O)c(=O)n(C)c2C)cc1. The molecule has 0 fully saturated rings. The molecule has 0 radical (unpaired) electrons.